The summed E-state index contributed by atoms with van der Waals surface area (Å²) in [6.45, 7) is 4.21. The Kier molecular flexibility index (Phi) is 4.61. The lowest BCUT2D eigenvalue weighted by Gasteiger charge is -2.22. The van der Waals surface area contributed by atoms with E-state index in [1.54, 1.807) is 23.4 Å². The zero-order valence-corrected chi connectivity index (χ0v) is 12.7. The summed E-state index contributed by atoms with van der Waals surface area (Å²) in [5.74, 6) is 1.17. The Morgan fingerprint density at radius 1 is 1.35 bits per heavy atom. The number of hydrogen-bond acceptors (Lipinski definition) is 6. The summed E-state index contributed by atoms with van der Waals surface area (Å²) in [7, 11) is 0. The van der Waals surface area contributed by atoms with Crippen LogP contribution in [0, 0.1) is 6.92 Å². The maximum Gasteiger partial charge on any atom is 0.247 e. The smallest absolute Gasteiger partial charge is 0.247 e. The predicted molar refractivity (Wildman–Crippen MR) is 81.4 cm³/mol. The van der Waals surface area contributed by atoms with Crippen molar-refractivity contribution in [2.75, 3.05) is 23.9 Å². The van der Waals surface area contributed by atoms with E-state index in [1.165, 1.54) is 5.56 Å². The highest BCUT2D eigenvalue weighted by molar-refractivity contribution is 7.98. The first kappa shape index (κ1) is 14.8. The third kappa shape index (κ3) is 3.71. The van der Waals surface area contributed by atoms with Crippen molar-refractivity contribution in [3.05, 3.63) is 29.8 Å². The van der Waals surface area contributed by atoms with Crippen molar-refractivity contribution in [2.45, 2.75) is 19.4 Å². The van der Waals surface area contributed by atoms with Crippen LogP contribution in [-0.4, -0.2) is 49.5 Å². The molecule has 0 bridgehead atoms. The molecule has 108 valence electrons. The molecule has 1 atom stereocenters. The van der Waals surface area contributed by atoms with Crippen molar-refractivity contribution >= 4 is 17.7 Å². The van der Waals surface area contributed by atoms with E-state index in [9.17, 15) is 5.11 Å². The highest BCUT2D eigenvalue weighted by Crippen LogP contribution is 2.15. The molecule has 1 aromatic heterocycles. The van der Waals surface area contributed by atoms with Crippen LogP contribution >= 0.6 is 11.8 Å². The van der Waals surface area contributed by atoms with Crippen molar-refractivity contribution in [2.24, 2.45) is 0 Å². The Balaban J connectivity index is 2.11. The molecule has 0 aliphatic carbocycles. The lowest BCUT2D eigenvalue weighted by Crippen LogP contribution is -2.36. The van der Waals surface area contributed by atoms with Gasteiger partial charge < -0.3 is 10.4 Å². The molecule has 0 saturated carbocycles. The number of nitrogens with one attached hydrogen (secondary N) is 1. The first-order valence-electron chi connectivity index (χ1n) is 6.32. The van der Waals surface area contributed by atoms with Gasteiger partial charge in [0.25, 0.3) is 0 Å². The minimum Gasteiger partial charge on any atom is -0.387 e. The van der Waals surface area contributed by atoms with Crippen LogP contribution in [0.2, 0.25) is 0 Å². The van der Waals surface area contributed by atoms with Crippen LogP contribution in [0.5, 0.6) is 0 Å². The highest BCUT2D eigenvalue weighted by atomic mass is 32.2. The van der Waals surface area contributed by atoms with Gasteiger partial charge >= 0.3 is 0 Å². The molecular weight excluding hydrogens is 274 g/mol. The molecule has 7 heteroatoms. The van der Waals surface area contributed by atoms with Crippen LogP contribution in [0.4, 0.5) is 5.95 Å². The molecule has 2 aromatic rings. The number of aromatic nitrogens is 4. The molecule has 0 aliphatic rings. The van der Waals surface area contributed by atoms with E-state index in [-0.39, 0.29) is 0 Å². The third-order valence-electron chi connectivity index (χ3n) is 2.83. The Bertz CT molecular complexity index is 552. The van der Waals surface area contributed by atoms with Crippen LogP contribution in [0.15, 0.2) is 24.3 Å². The second kappa shape index (κ2) is 6.23. The average molecular weight is 293 g/mol. The Labute approximate surface area is 122 Å². The van der Waals surface area contributed by atoms with E-state index in [4.69, 9.17) is 0 Å². The fourth-order valence-electron chi connectivity index (χ4n) is 1.79. The molecule has 6 nitrogen and oxygen atoms in total. The molecule has 0 saturated heterocycles. The van der Waals surface area contributed by atoms with Gasteiger partial charge in [0.2, 0.25) is 5.95 Å². The summed E-state index contributed by atoms with van der Waals surface area (Å²) < 4.78 is 1.62. The molecular formula is C13H19N5OS. The maximum atomic E-state index is 10.1. The summed E-state index contributed by atoms with van der Waals surface area (Å²) in [5, 5.41) is 24.8. The monoisotopic (exact) mass is 293 g/mol. The maximum absolute atomic E-state index is 10.1. The number of anilines is 1. The Morgan fingerprint density at radius 3 is 2.70 bits per heavy atom. The van der Waals surface area contributed by atoms with Crippen LogP contribution in [-0.2, 0) is 0 Å². The van der Waals surface area contributed by atoms with Crippen molar-refractivity contribution in [1.29, 1.82) is 0 Å². The van der Waals surface area contributed by atoms with Gasteiger partial charge in [-0.2, -0.15) is 16.4 Å². The number of rotatable bonds is 6. The van der Waals surface area contributed by atoms with E-state index < -0.39 is 5.60 Å². The van der Waals surface area contributed by atoms with Gasteiger partial charge in [-0.15, -0.1) is 0 Å². The quantitative estimate of drug-likeness (QED) is 0.840. The molecule has 2 N–H and O–H groups in total. The second-order valence-corrected chi connectivity index (χ2v) is 5.90. The highest BCUT2D eigenvalue weighted by Gasteiger charge is 2.20. The standard InChI is InChI=1S/C13H19N5OS/c1-10-4-6-11(7-5-10)18-12(15-16-17-18)14-8-13(2,19)9-20-3/h4-7,19H,8-9H2,1-3H3,(H,14,15,17)/t13-/m0/s1. The minimum absolute atomic E-state index is 0.389. The average Bonchev–Trinajstić information content (AvgIpc) is 2.86. The van der Waals surface area contributed by atoms with Crippen molar-refractivity contribution in [3.63, 3.8) is 0 Å². The first-order valence-corrected chi connectivity index (χ1v) is 7.72. The van der Waals surface area contributed by atoms with Gasteiger partial charge in [0.05, 0.1) is 11.3 Å². The summed E-state index contributed by atoms with van der Waals surface area (Å²) in [6, 6.07) is 7.92. The van der Waals surface area contributed by atoms with Crippen LogP contribution in [0.1, 0.15) is 12.5 Å². The van der Waals surface area contributed by atoms with E-state index in [0.29, 0.717) is 18.2 Å². The molecule has 0 aliphatic heterocycles. The zero-order chi connectivity index (χ0) is 14.6. The molecule has 1 heterocycles. The van der Waals surface area contributed by atoms with Crippen LogP contribution < -0.4 is 5.32 Å². The summed E-state index contributed by atoms with van der Waals surface area (Å²) in [6.07, 6.45) is 1.96. The molecule has 0 fully saturated rings. The number of aliphatic hydroxyl groups is 1. The van der Waals surface area contributed by atoms with Crippen LogP contribution in [0.3, 0.4) is 0 Å². The van der Waals surface area contributed by atoms with Gasteiger partial charge in [-0.3, -0.25) is 0 Å². The normalized spacial score (nSPS) is 14.0. The summed E-state index contributed by atoms with van der Waals surface area (Å²) in [4.78, 5) is 0. The second-order valence-electron chi connectivity index (χ2n) is 5.03. The van der Waals surface area contributed by atoms with Crippen molar-refractivity contribution in [3.8, 4) is 5.69 Å². The Morgan fingerprint density at radius 2 is 2.05 bits per heavy atom. The van der Waals surface area contributed by atoms with Gasteiger partial charge in [-0.1, -0.05) is 22.8 Å². The molecule has 0 amide bonds. The van der Waals surface area contributed by atoms with Crippen molar-refractivity contribution in [1.82, 2.24) is 20.2 Å². The van der Waals surface area contributed by atoms with Crippen molar-refractivity contribution < 1.29 is 5.11 Å². The number of hydrogen-bond donors (Lipinski definition) is 2. The predicted octanol–water partition coefficient (Wildman–Crippen LogP) is 1.50. The molecule has 1 aromatic carbocycles. The van der Waals surface area contributed by atoms with Gasteiger partial charge in [-0.05, 0) is 42.7 Å². The number of thioether (sulfide) groups is 1. The van der Waals surface area contributed by atoms with Gasteiger partial charge in [0, 0.05) is 12.3 Å². The molecule has 2 rings (SSSR count). The van der Waals surface area contributed by atoms with Gasteiger partial charge in [0.1, 0.15) is 0 Å². The number of nitrogens with zero attached hydrogens (tertiary/aromatic N) is 4. The van der Waals surface area contributed by atoms with E-state index in [1.807, 2.05) is 37.4 Å². The summed E-state index contributed by atoms with van der Waals surface area (Å²) >= 11 is 1.60. The fraction of sp³-hybridized carbons (Fsp3) is 0.462. The van der Waals surface area contributed by atoms with E-state index >= 15 is 0 Å². The molecule has 0 spiro atoms. The molecule has 20 heavy (non-hydrogen) atoms. The largest absolute Gasteiger partial charge is 0.387 e. The van der Waals surface area contributed by atoms with E-state index in [2.05, 4.69) is 20.8 Å². The van der Waals surface area contributed by atoms with Gasteiger partial charge in [-0.25, -0.2) is 0 Å². The fourth-order valence-corrected chi connectivity index (χ4v) is 2.51. The van der Waals surface area contributed by atoms with Crippen LogP contribution in [0.25, 0.3) is 5.69 Å². The third-order valence-corrected chi connectivity index (χ3v) is 3.74. The number of benzene rings is 1. The number of aryl methyl sites for hydroxylation is 1. The number of tetrazole rings is 1. The van der Waals surface area contributed by atoms with Gasteiger partial charge in [0.15, 0.2) is 0 Å². The SMILES string of the molecule is CSC[C@@](C)(O)CNc1nnnn1-c1ccc(C)cc1. The minimum atomic E-state index is -0.802. The Hall–Kier alpha value is -1.60. The lowest BCUT2D eigenvalue weighted by molar-refractivity contribution is 0.0995. The topological polar surface area (TPSA) is 75.9 Å². The lowest BCUT2D eigenvalue weighted by atomic mass is 10.1. The summed E-state index contributed by atoms with van der Waals surface area (Å²) in [5.41, 5.74) is 1.26. The molecule has 0 unspecified atom stereocenters. The zero-order valence-electron chi connectivity index (χ0n) is 11.9. The molecule has 0 radical (unpaired) electrons. The van der Waals surface area contributed by atoms with E-state index in [0.717, 1.165) is 5.69 Å². The first-order chi connectivity index (χ1) is 9.52.